The lowest BCUT2D eigenvalue weighted by molar-refractivity contribution is 0.0806. The quantitative estimate of drug-likeness (QED) is 0.328. The van der Waals surface area contributed by atoms with Crippen molar-refractivity contribution in [1.29, 1.82) is 0 Å². The molecule has 0 aromatic heterocycles. The highest BCUT2D eigenvalue weighted by atomic mass is 31.2. The van der Waals surface area contributed by atoms with Gasteiger partial charge in [0.15, 0.2) is 0 Å². The van der Waals surface area contributed by atoms with E-state index < -0.39 is 7.82 Å². The molecule has 0 aliphatic carbocycles. The van der Waals surface area contributed by atoms with Gasteiger partial charge in [-0.1, -0.05) is 6.58 Å². The number of hydrogen-bond acceptors (Lipinski definition) is 6. The van der Waals surface area contributed by atoms with Crippen LogP contribution in [-0.2, 0) is 27.6 Å². The van der Waals surface area contributed by atoms with Gasteiger partial charge in [-0.05, 0) is 0 Å². The first kappa shape index (κ1) is 14.6. The Labute approximate surface area is 89.7 Å². The normalized spacial score (nSPS) is 11.3. The molecule has 0 radical (unpaired) electrons. The minimum atomic E-state index is -3.56. The van der Waals surface area contributed by atoms with E-state index in [-0.39, 0.29) is 13.2 Å². The van der Waals surface area contributed by atoms with Crippen LogP contribution in [0.1, 0.15) is 0 Å². The second-order valence-corrected chi connectivity index (χ2v) is 3.99. The zero-order valence-electron chi connectivity index (χ0n) is 9.01. The molecule has 6 nitrogen and oxygen atoms in total. The van der Waals surface area contributed by atoms with Gasteiger partial charge in [-0.3, -0.25) is 9.05 Å². The van der Waals surface area contributed by atoms with E-state index in [0.29, 0.717) is 13.2 Å². The first-order valence-electron chi connectivity index (χ1n) is 4.35. The first-order valence-corrected chi connectivity index (χ1v) is 5.81. The zero-order chi connectivity index (χ0) is 11.6. The van der Waals surface area contributed by atoms with Crippen LogP contribution in [0, 0.1) is 0 Å². The lowest BCUT2D eigenvalue weighted by Crippen LogP contribution is -2.06. The minimum absolute atomic E-state index is 0.120. The topological polar surface area (TPSA) is 63.2 Å². The van der Waals surface area contributed by atoms with Crippen molar-refractivity contribution in [3.63, 3.8) is 0 Å². The Balaban J connectivity index is 3.94. The Morgan fingerprint density at radius 1 is 1.07 bits per heavy atom. The van der Waals surface area contributed by atoms with Crippen LogP contribution in [0.4, 0.5) is 0 Å². The fourth-order valence-corrected chi connectivity index (χ4v) is 1.63. The number of ether oxygens (including phenoxy) is 2. The van der Waals surface area contributed by atoms with Crippen molar-refractivity contribution in [2.75, 3.05) is 40.6 Å². The highest BCUT2D eigenvalue weighted by Gasteiger charge is 2.26. The van der Waals surface area contributed by atoms with Crippen LogP contribution >= 0.6 is 7.82 Å². The molecule has 0 bridgehead atoms. The zero-order valence-corrected chi connectivity index (χ0v) is 9.90. The molecular formula is C8H17O6P. The number of methoxy groups -OCH3 is 2. The van der Waals surface area contributed by atoms with Crippen molar-refractivity contribution in [1.82, 2.24) is 0 Å². The molecule has 90 valence electrons. The Kier molecular flexibility index (Phi) is 8.65. The minimum Gasteiger partial charge on any atom is -0.413 e. The lowest BCUT2D eigenvalue weighted by atomic mass is 10.8. The molecule has 0 aromatic carbocycles. The summed E-state index contributed by atoms with van der Waals surface area (Å²) in [7, 11) is -0.540. The molecule has 7 heteroatoms. The smallest absolute Gasteiger partial charge is 0.413 e. The van der Waals surface area contributed by atoms with Crippen LogP contribution in [0.3, 0.4) is 0 Å². The van der Waals surface area contributed by atoms with Crippen molar-refractivity contribution < 1.29 is 27.6 Å². The molecular weight excluding hydrogens is 223 g/mol. The maximum Gasteiger partial charge on any atom is 0.529 e. The summed E-state index contributed by atoms with van der Waals surface area (Å²) in [6.45, 7) is 4.13. The van der Waals surface area contributed by atoms with Crippen molar-refractivity contribution in [3.05, 3.63) is 12.8 Å². The van der Waals surface area contributed by atoms with Crippen LogP contribution in [-0.4, -0.2) is 40.6 Å². The van der Waals surface area contributed by atoms with Crippen LogP contribution in [0.5, 0.6) is 0 Å². The Morgan fingerprint density at radius 3 is 1.87 bits per heavy atom. The average molecular weight is 240 g/mol. The van der Waals surface area contributed by atoms with E-state index in [9.17, 15) is 4.57 Å². The molecule has 0 N–H and O–H groups in total. The number of hydrogen-bond donors (Lipinski definition) is 0. The second kappa shape index (κ2) is 8.88. The fourth-order valence-electron chi connectivity index (χ4n) is 0.654. The third-order valence-corrected chi connectivity index (χ3v) is 2.68. The summed E-state index contributed by atoms with van der Waals surface area (Å²) in [6.07, 6.45) is 1.01. The van der Waals surface area contributed by atoms with Crippen LogP contribution in [0.25, 0.3) is 0 Å². The predicted molar refractivity (Wildman–Crippen MR) is 54.5 cm³/mol. The molecule has 0 saturated heterocycles. The molecule has 0 atom stereocenters. The van der Waals surface area contributed by atoms with Gasteiger partial charge in [0.25, 0.3) is 0 Å². The molecule has 0 aliphatic heterocycles. The molecule has 0 saturated carbocycles. The van der Waals surface area contributed by atoms with E-state index in [2.05, 4.69) is 11.1 Å². The van der Waals surface area contributed by atoms with E-state index in [0.717, 1.165) is 6.26 Å². The Hall–Kier alpha value is -0.390. The SMILES string of the molecule is C=COP(=O)(OCCOC)OCCOC. The largest absolute Gasteiger partial charge is 0.529 e. The molecule has 0 rings (SSSR count). The van der Waals surface area contributed by atoms with Gasteiger partial charge < -0.3 is 14.0 Å². The van der Waals surface area contributed by atoms with Gasteiger partial charge in [0.1, 0.15) is 0 Å². The predicted octanol–water partition coefficient (Wildman–Crippen LogP) is 1.58. The summed E-state index contributed by atoms with van der Waals surface area (Å²) in [5, 5.41) is 0. The van der Waals surface area contributed by atoms with Gasteiger partial charge in [-0.2, -0.15) is 0 Å². The van der Waals surface area contributed by atoms with Gasteiger partial charge in [0.05, 0.1) is 32.7 Å². The molecule has 0 aliphatic rings. The Bertz CT molecular complexity index is 193. The summed E-state index contributed by atoms with van der Waals surface area (Å²) in [5.74, 6) is 0. The number of rotatable bonds is 10. The maximum absolute atomic E-state index is 11.7. The van der Waals surface area contributed by atoms with Crippen molar-refractivity contribution in [3.8, 4) is 0 Å². The third kappa shape index (κ3) is 7.53. The highest BCUT2D eigenvalue weighted by Crippen LogP contribution is 2.49. The van der Waals surface area contributed by atoms with E-state index in [4.69, 9.17) is 18.5 Å². The van der Waals surface area contributed by atoms with Crippen LogP contribution in [0.15, 0.2) is 12.8 Å². The standard InChI is InChI=1S/C8H17O6P/c1-4-12-15(9,13-7-5-10-2)14-8-6-11-3/h4H,1,5-8H2,2-3H3. The first-order chi connectivity index (χ1) is 7.18. The molecule has 15 heavy (non-hydrogen) atoms. The summed E-state index contributed by atoms with van der Waals surface area (Å²) in [6, 6.07) is 0. The summed E-state index contributed by atoms with van der Waals surface area (Å²) < 4.78 is 35.7. The van der Waals surface area contributed by atoms with Crippen LogP contribution < -0.4 is 0 Å². The van der Waals surface area contributed by atoms with E-state index in [1.54, 1.807) is 0 Å². The van der Waals surface area contributed by atoms with Crippen molar-refractivity contribution in [2.24, 2.45) is 0 Å². The van der Waals surface area contributed by atoms with Gasteiger partial charge >= 0.3 is 7.82 Å². The van der Waals surface area contributed by atoms with Gasteiger partial charge in [0, 0.05) is 14.2 Å². The van der Waals surface area contributed by atoms with Gasteiger partial charge in [-0.25, -0.2) is 4.57 Å². The molecule has 0 fully saturated rings. The molecule has 0 unspecified atom stereocenters. The number of phosphoric ester groups is 1. The van der Waals surface area contributed by atoms with Crippen molar-refractivity contribution >= 4 is 7.82 Å². The van der Waals surface area contributed by atoms with E-state index >= 15 is 0 Å². The molecule has 0 amide bonds. The lowest BCUT2D eigenvalue weighted by Gasteiger charge is -2.15. The summed E-state index contributed by atoms with van der Waals surface area (Å²) in [5.41, 5.74) is 0. The fraction of sp³-hybridized carbons (Fsp3) is 0.750. The molecule has 0 heterocycles. The van der Waals surface area contributed by atoms with Crippen molar-refractivity contribution in [2.45, 2.75) is 0 Å². The Morgan fingerprint density at radius 2 is 1.53 bits per heavy atom. The average Bonchev–Trinajstić information content (AvgIpc) is 2.19. The van der Waals surface area contributed by atoms with E-state index in [1.165, 1.54) is 14.2 Å². The monoisotopic (exact) mass is 240 g/mol. The molecule has 0 aromatic rings. The summed E-state index contributed by atoms with van der Waals surface area (Å²) >= 11 is 0. The molecule has 0 spiro atoms. The van der Waals surface area contributed by atoms with Gasteiger partial charge in [0.2, 0.25) is 0 Å². The second-order valence-electron chi connectivity index (χ2n) is 2.37. The maximum atomic E-state index is 11.7. The van der Waals surface area contributed by atoms with E-state index in [1.807, 2.05) is 0 Å². The third-order valence-electron chi connectivity index (χ3n) is 1.28. The highest BCUT2D eigenvalue weighted by molar-refractivity contribution is 7.48. The van der Waals surface area contributed by atoms with Gasteiger partial charge in [-0.15, -0.1) is 0 Å². The van der Waals surface area contributed by atoms with Crippen LogP contribution in [0.2, 0.25) is 0 Å². The summed E-state index contributed by atoms with van der Waals surface area (Å²) in [4.78, 5) is 0. The number of phosphoric acid groups is 1.